The molecule has 2 aromatic carbocycles. The van der Waals surface area contributed by atoms with Gasteiger partial charge in [0.2, 0.25) is 0 Å². The molecule has 0 heterocycles. The standard InChI is InChI=1S/C32H38O5/c1-4-36-28-19-26-22(17-27(28)37-20-21-9-6-5-7-10-21)13-14-25-24(26)15-16-32(2)29(33)18-23(31(25)32)11-8-12-30(34)35-3/h5-10,12,17,19,23-25,31H,4,11,13-16,18,20H2,1-3H3/t23-,24?,25?,31?,32+/m0/s1. The Morgan fingerprint density at radius 2 is 1.89 bits per heavy atom. The Morgan fingerprint density at radius 1 is 1.11 bits per heavy atom. The summed E-state index contributed by atoms with van der Waals surface area (Å²) in [6.45, 7) is 5.29. The van der Waals surface area contributed by atoms with E-state index in [9.17, 15) is 9.59 Å². The van der Waals surface area contributed by atoms with Gasteiger partial charge in [-0.2, -0.15) is 0 Å². The first-order chi connectivity index (χ1) is 17.9. The van der Waals surface area contributed by atoms with Gasteiger partial charge in [0.15, 0.2) is 11.5 Å². The number of ketones is 1. The molecule has 0 saturated heterocycles. The van der Waals surface area contributed by atoms with Crippen molar-refractivity contribution in [2.75, 3.05) is 13.7 Å². The van der Waals surface area contributed by atoms with Gasteiger partial charge in [-0.1, -0.05) is 43.3 Å². The maximum Gasteiger partial charge on any atom is 0.330 e. The van der Waals surface area contributed by atoms with Crippen molar-refractivity contribution < 1.29 is 23.8 Å². The van der Waals surface area contributed by atoms with Crippen molar-refractivity contribution >= 4 is 11.8 Å². The fourth-order valence-corrected chi connectivity index (χ4v) is 7.37. The first kappa shape index (κ1) is 25.6. The molecule has 2 fully saturated rings. The highest BCUT2D eigenvalue weighted by molar-refractivity contribution is 5.88. The van der Waals surface area contributed by atoms with E-state index in [1.54, 1.807) is 0 Å². The van der Waals surface area contributed by atoms with Gasteiger partial charge in [0.05, 0.1) is 13.7 Å². The molecule has 196 valence electrons. The van der Waals surface area contributed by atoms with E-state index in [4.69, 9.17) is 14.2 Å². The summed E-state index contributed by atoms with van der Waals surface area (Å²) >= 11 is 0. The average molecular weight is 503 g/mol. The predicted octanol–water partition coefficient (Wildman–Crippen LogP) is 6.43. The van der Waals surface area contributed by atoms with Gasteiger partial charge in [-0.15, -0.1) is 0 Å². The number of hydrogen-bond acceptors (Lipinski definition) is 5. The second kappa shape index (κ2) is 10.7. The number of fused-ring (bicyclic) bond motifs is 5. The number of carbonyl (C=O) groups excluding carboxylic acids is 2. The molecule has 0 aromatic heterocycles. The summed E-state index contributed by atoms with van der Waals surface area (Å²) < 4.78 is 17.1. The van der Waals surface area contributed by atoms with E-state index in [2.05, 4.69) is 31.2 Å². The van der Waals surface area contributed by atoms with Crippen LogP contribution in [0.4, 0.5) is 0 Å². The molecular formula is C32H38O5. The van der Waals surface area contributed by atoms with Crippen molar-refractivity contribution in [3.05, 3.63) is 71.3 Å². The van der Waals surface area contributed by atoms with Gasteiger partial charge in [0.1, 0.15) is 12.4 Å². The molecule has 3 unspecified atom stereocenters. The van der Waals surface area contributed by atoms with Gasteiger partial charge in [0, 0.05) is 17.9 Å². The highest BCUT2D eigenvalue weighted by Gasteiger charge is 2.58. The Hall–Kier alpha value is -3.08. The summed E-state index contributed by atoms with van der Waals surface area (Å²) in [5.41, 5.74) is 3.59. The lowest BCUT2D eigenvalue weighted by molar-refractivity contribution is -0.135. The van der Waals surface area contributed by atoms with E-state index in [1.165, 1.54) is 24.3 Å². The van der Waals surface area contributed by atoms with Crippen LogP contribution in [0.5, 0.6) is 11.5 Å². The number of carbonyl (C=O) groups is 2. The van der Waals surface area contributed by atoms with Gasteiger partial charge >= 0.3 is 5.97 Å². The van der Waals surface area contributed by atoms with E-state index in [1.807, 2.05) is 31.2 Å². The van der Waals surface area contributed by atoms with Crippen LogP contribution in [0.2, 0.25) is 0 Å². The zero-order chi connectivity index (χ0) is 26.0. The maximum absolute atomic E-state index is 13.2. The van der Waals surface area contributed by atoms with Crippen LogP contribution in [0.15, 0.2) is 54.6 Å². The lowest BCUT2D eigenvalue weighted by Gasteiger charge is -2.50. The van der Waals surface area contributed by atoms with E-state index in [-0.39, 0.29) is 17.3 Å². The maximum atomic E-state index is 13.2. The van der Waals surface area contributed by atoms with Crippen LogP contribution < -0.4 is 9.47 Å². The molecule has 5 heteroatoms. The minimum absolute atomic E-state index is 0.260. The minimum atomic E-state index is -0.339. The van der Waals surface area contributed by atoms with Crippen molar-refractivity contribution in [1.29, 1.82) is 0 Å². The van der Waals surface area contributed by atoms with E-state index >= 15 is 0 Å². The molecule has 0 spiro atoms. The molecule has 37 heavy (non-hydrogen) atoms. The smallest absolute Gasteiger partial charge is 0.330 e. The zero-order valence-electron chi connectivity index (χ0n) is 22.2. The van der Waals surface area contributed by atoms with Gasteiger partial charge in [-0.3, -0.25) is 4.79 Å². The Morgan fingerprint density at radius 3 is 2.65 bits per heavy atom. The van der Waals surface area contributed by atoms with Crippen LogP contribution >= 0.6 is 0 Å². The molecule has 5 rings (SSSR count). The summed E-state index contributed by atoms with van der Waals surface area (Å²) in [5.74, 6) is 3.16. The fourth-order valence-electron chi connectivity index (χ4n) is 7.37. The van der Waals surface area contributed by atoms with Crippen molar-refractivity contribution in [2.24, 2.45) is 23.2 Å². The minimum Gasteiger partial charge on any atom is -0.490 e. The second-order valence-electron chi connectivity index (χ2n) is 11.0. The topological polar surface area (TPSA) is 61.8 Å². The number of Topliss-reactive ketones (excluding diaryl/α,β-unsaturated/α-hetero) is 1. The van der Waals surface area contributed by atoms with Crippen LogP contribution in [-0.2, 0) is 27.4 Å². The second-order valence-corrected chi connectivity index (χ2v) is 11.0. The predicted molar refractivity (Wildman–Crippen MR) is 143 cm³/mol. The van der Waals surface area contributed by atoms with Crippen molar-refractivity contribution in [2.45, 2.75) is 64.9 Å². The fraction of sp³-hybridized carbons (Fsp3) is 0.500. The molecule has 5 nitrogen and oxygen atoms in total. The molecule has 0 amide bonds. The number of esters is 1. The number of aryl methyl sites for hydroxylation is 1. The first-order valence-electron chi connectivity index (χ1n) is 13.7. The number of benzene rings is 2. The molecule has 2 saturated carbocycles. The first-order valence-corrected chi connectivity index (χ1v) is 13.7. The van der Waals surface area contributed by atoms with Crippen LogP contribution in [0.25, 0.3) is 0 Å². The largest absolute Gasteiger partial charge is 0.490 e. The van der Waals surface area contributed by atoms with Gasteiger partial charge in [-0.05, 0) is 91.5 Å². The summed E-state index contributed by atoms with van der Waals surface area (Å²) in [5, 5.41) is 0. The number of methoxy groups -OCH3 is 1. The van der Waals surface area contributed by atoms with E-state index in [0.29, 0.717) is 43.2 Å². The number of hydrogen-bond donors (Lipinski definition) is 0. The molecule has 0 bridgehead atoms. The summed E-state index contributed by atoms with van der Waals surface area (Å²) in [4.78, 5) is 24.8. The number of rotatable bonds is 8. The third-order valence-corrected chi connectivity index (χ3v) is 9.06. The molecule has 2 aromatic rings. The van der Waals surface area contributed by atoms with Gasteiger partial charge in [-0.25, -0.2) is 4.79 Å². The number of ether oxygens (including phenoxy) is 3. The average Bonchev–Trinajstić information content (AvgIpc) is 3.17. The Kier molecular flexibility index (Phi) is 7.41. The van der Waals surface area contributed by atoms with Crippen molar-refractivity contribution in [3.8, 4) is 11.5 Å². The summed E-state index contributed by atoms with van der Waals surface area (Å²) in [6.07, 6.45) is 8.76. The third-order valence-electron chi connectivity index (χ3n) is 9.06. The quantitative estimate of drug-likeness (QED) is 0.307. The Bertz CT molecular complexity index is 1170. The SMILES string of the molecule is CCOc1cc2c(cc1OCc1ccccc1)CCC1C2CC[C@]2(C)C(=O)C[C@H](CC=CC(=O)OC)C12. The molecule has 3 aliphatic carbocycles. The van der Waals surface area contributed by atoms with Crippen LogP contribution in [0.3, 0.4) is 0 Å². The third kappa shape index (κ3) is 4.93. The summed E-state index contributed by atoms with van der Waals surface area (Å²) in [7, 11) is 1.39. The Labute approximate surface area is 220 Å². The lowest BCUT2D eigenvalue weighted by Crippen LogP contribution is -2.44. The van der Waals surface area contributed by atoms with Crippen LogP contribution in [-0.4, -0.2) is 25.5 Å². The van der Waals surface area contributed by atoms with E-state index < -0.39 is 0 Å². The monoisotopic (exact) mass is 502 g/mol. The highest BCUT2D eigenvalue weighted by atomic mass is 16.5. The molecule has 3 aliphatic rings. The Balaban J connectivity index is 1.41. The van der Waals surface area contributed by atoms with E-state index in [0.717, 1.165) is 49.2 Å². The molecule has 0 N–H and O–H groups in total. The molecular weight excluding hydrogens is 464 g/mol. The van der Waals surface area contributed by atoms with Gasteiger partial charge in [0.25, 0.3) is 0 Å². The highest BCUT2D eigenvalue weighted by Crippen LogP contribution is 2.62. The molecule has 5 atom stereocenters. The normalized spacial score (nSPS) is 28.4. The van der Waals surface area contributed by atoms with Crippen molar-refractivity contribution in [1.82, 2.24) is 0 Å². The zero-order valence-corrected chi connectivity index (χ0v) is 22.2. The van der Waals surface area contributed by atoms with Gasteiger partial charge < -0.3 is 14.2 Å². The molecule has 0 aliphatic heterocycles. The van der Waals surface area contributed by atoms with Crippen LogP contribution in [0.1, 0.15) is 68.6 Å². The lowest BCUT2D eigenvalue weighted by atomic mass is 9.54. The van der Waals surface area contributed by atoms with Crippen LogP contribution in [0, 0.1) is 23.2 Å². The summed E-state index contributed by atoms with van der Waals surface area (Å²) in [6, 6.07) is 14.6. The number of allylic oxidation sites excluding steroid dienone is 1. The molecule has 0 radical (unpaired) electrons. The van der Waals surface area contributed by atoms with Crippen molar-refractivity contribution in [3.63, 3.8) is 0 Å².